The predicted molar refractivity (Wildman–Crippen MR) is 105 cm³/mol. The zero-order valence-electron chi connectivity index (χ0n) is 15.1. The highest BCUT2D eigenvalue weighted by atomic mass is 32.2. The van der Waals surface area contributed by atoms with Gasteiger partial charge in [0, 0.05) is 12.1 Å². The molecule has 0 bridgehead atoms. The quantitative estimate of drug-likeness (QED) is 0.460. The van der Waals surface area contributed by atoms with Gasteiger partial charge in [0.1, 0.15) is 7.11 Å². The Balaban J connectivity index is 1.94. The Bertz CT molecular complexity index is 1400. The van der Waals surface area contributed by atoms with Gasteiger partial charge in [-0.2, -0.15) is 18.4 Å². The first-order valence-electron chi connectivity index (χ1n) is 8.32. The van der Waals surface area contributed by atoms with Crippen molar-refractivity contribution in [2.24, 2.45) is 10.3 Å². The number of hydrogen-bond acceptors (Lipinski definition) is 7. The summed E-state index contributed by atoms with van der Waals surface area (Å²) in [7, 11) is -2.48. The van der Waals surface area contributed by atoms with E-state index in [1.807, 2.05) is 0 Å². The fourth-order valence-corrected chi connectivity index (χ4v) is 3.57. The third kappa shape index (κ3) is 3.25. The molecular weight excluding hydrogens is 396 g/mol. The van der Waals surface area contributed by atoms with Gasteiger partial charge in [0.05, 0.1) is 28.2 Å². The maximum Gasteiger partial charge on any atom is 0.274 e. The number of nitrogens with two attached hydrogens (primary N) is 1. The summed E-state index contributed by atoms with van der Waals surface area (Å²) in [6, 6.07) is 11.7. The minimum atomic E-state index is -3.86. The molecule has 2 heterocycles. The molecule has 29 heavy (non-hydrogen) atoms. The summed E-state index contributed by atoms with van der Waals surface area (Å²) in [6.07, 6.45) is 0. The SMILES string of the molecule is CO/N=C1\c2cc(C#N)ccc2-n2c1nc1ccc(CNS(N)(=O)=O)cc1c2=O. The van der Waals surface area contributed by atoms with Crippen molar-refractivity contribution in [3.63, 3.8) is 0 Å². The van der Waals surface area contributed by atoms with Crippen molar-refractivity contribution < 1.29 is 13.3 Å². The van der Waals surface area contributed by atoms with E-state index >= 15 is 0 Å². The number of oxime groups is 1. The minimum Gasteiger partial charge on any atom is -0.399 e. The van der Waals surface area contributed by atoms with E-state index in [4.69, 9.17) is 9.98 Å². The molecule has 0 atom stereocenters. The molecule has 0 unspecified atom stereocenters. The highest BCUT2D eigenvalue weighted by Crippen LogP contribution is 2.28. The van der Waals surface area contributed by atoms with Crippen molar-refractivity contribution in [2.75, 3.05) is 7.11 Å². The van der Waals surface area contributed by atoms with E-state index in [2.05, 4.69) is 20.9 Å². The molecule has 3 N–H and O–H groups in total. The van der Waals surface area contributed by atoms with Crippen LogP contribution in [0.2, 0.25) is 0 Å². The molecule has 0 fully saturated rings. The number of rotatable bonds is 4. The Morgan fingerprint density at radius 2 is 2.10 bits per heavy atom. The molecule has 0 amide bonds. The molecule has 0 spiro atoms. The van der Waals surface area contributed by atoms with Crippen molar-refractivity contribution in [1.29, 1.82) is 5.26 Å². The molecule has 0 saturated carbocycles. The van der Waals surface area contributed by atoms with Crippen LogP contribution in [0, 0.1) is 11.3 Å². The van der Waals surface area contributed by atoms with E-state index in [1.54, 1.807) is 36.4 Å². The monoisotopic (exact) mass is 410 g/mol. The summed E-state index contributed by atoms with van der Waals surface area (Å²) in [5.41, 5.74) is 2.46. The molecule has 2 aromatic carbocycles. The first-order chi connectivity index (χ1) is 13.8. The second kappa shape index (κ2) is 6.78. The fraction of sp³-hybridized carbons (Fsp3) is 0.111. The van der Waals surface area contributed by atoms with E-state index in [1.165, 1.54) is 11.7 Å². The lowest BCUT2D eigenvalue weighted by Crippen LogP contribution is -2.30. The van der Waals surface area contributed by atoms with Crippen LogP contribution in [0.15, 0.2) is 46.3 Å². The van der Waals surface area contributed by atoms with Crippen molar-refractivity contribution in [3.05, 3.63) is 69.3 Å². The first kappa shape index (κ1) is 18.8. The average molecular weight is 410 g/mol. The van der Waals surface area contributed by atoms with Crippen LogP contribution in [-0.2, 0) is 21.6 Å². The van der Waals surface area contributed by atoms with Crippen molar-refractivity contribution >= 4 is 26.8 Å². The highest BCUT2D eigenvalue weighted by molar-refractivity contribution is 7.87. The molecule has 0 aliphatic carbocycles. The standard InChI is InChI=1S/C18H14N6O4S/c1-28-23-16-13-6-10(8-19)3-5-15(13)24-17(16)22-14-4-2-11(7-12(14)18(24)25)9-21-29(20,26)27/h2-7,21H,9H2,1H3,(H2,20,26,27)/b23-16+. The van der Waals surface area contributed by atoms with Gasteiger partial charge in [-0.05, 0) is 35.9 Å². The summed E-state index contributed by atoms with van der Waals surface area (Å²) < 4.78 is 25.8. The second-order valence-corrected chi connectivity index (χ2v) is 7.64. The van der Waals surface area contributed by atoms with Crippen LogP contribution >= 0.6 is 0 Å². The van der Waals surface area contributed by atoms with Gasteiger partial charge in [-0.1, -0.05) is 11.2 Å². The number of nitrogens with one attached hydrogen (secondary N) is 1. The largest absolute Gasteiger partial charge is 0.399 e. The second-order valence-electron chi connectivity index (χ2n) is 6.26. The van der Waals surface area contributed by atoms with Crippen LogP contribution in [0.25, 0.3) is 16.6 Å². The Labute approximate surface area is 165 Å². The van der Waals surface area contributed by atoms with Crippen LogP contribution in [0.4, 0.5) is 0 Å². The van der Waals surface area contributed by atoms with Gasteiger partial charge in [-0.25, -0.2) is 10.1 Å². The Morgan fingerprint density at radius 1 is 1.31 bits per heavy atom. The van der Waals surface area contributed by atoms with E-state index in [-0.39, 0.29) is 12.1 Å². The Morgan fingerprint density at radius 3 is 2.79 bits per heavy atom. The van der Waals surface area contributed by atoms with Crippen LogP contribution in [0.5, 0.6) is 0 Å². The number of fused-ring (bicyclic) bond motifs is 4. The van der Waals surface area contributed by atoms with Crippen LogP contribution in [0.1, 0.15) is 22.5 Å². The van der Waals surface area contributed by atoms with Gasteiger partial charge in [0.2, 0.25) is 0 Å². The van der Waals surface area contributed by atoms with E-state index < -0.39 is 10.2 Å². The molecule has 11 heteroatoms. The lowest BCUT2D eigenvalue weighted by atomic mass is 10.1. The summed E-state index contributed by atoms with van der Waals surface area (Å²) in [6.45, 7) is -0.0610. The summed E-state index contributed by atoms with van der Waals surface area (Å²) in [5, 5.41) is 18.4. The number of hydrogen-bond donors (Lipinski definition) is 2. The Hall–Kier alpha value is -3.59. The molecule has 1 aromatic heterocycles. The molecular formula is C18H14N6O4S. The summed E-state index contributed by atoms with van der Waals surface area (Å²) in [5.74, 6) is 0.296. The van der Waals surface area contributed by atoms with Gasteiger partial charge < -0.3 is 4.84 Å². The topological polar surface area (TPSA) is 152 Å². The third-order valence-corrected chi connectivity index (χ3v) is 4.97. The van der Waals surface area contributed by atoms with Gasteiger partial charge in [-0.3, -0.25) is 9.36 Å². The molecule has 10 nitrogen and oxygen atoms in total. The smallest absolute Gasteiger partial charge is 0.274 e. The van der Waals surface area contributed by atoms with E-state index in [0.29, 0.717) is 44.8 Å². The summed E-state index contributed by atoms with van der Waals surface area (Å²) >= 11 is 0. The average Bonchev–Trinajstić information content (AvgIpc) is 2.99. The zero-order valence-corrected chi connectivity index (χ0v) is 15.9. The van der Waals surface area contributed by atoms with Crippen molar-refractivity contribution in [2.45, 2.75) is 6.54 Å². The molecule has 0 saturated heterocycles. The maximum atomic E-state index is 13.2. The summed E-state index contributed by atoms with van der Waals surface area (Å²) in [4.78, 5) is 22.7. The lowest BCUT2D eigenvalue weighted by Gasteiger charge is -2.08. The highest BCUT2D eigenvalue weighted by Gasteiger charge is 2.29. The van der Waals surface area contributed by atoms with Crippen LogP contribution in [-0.4, -0.2) is 30.8 Å². The zero-order chi connectivity index (χ0) is 20.8. The number of aromatic nitrogens is 2. The molecule has 146 valence electrons. The number of nitrogens with zero attached hydrogens (tertiary/aromatic N) is 4. The molecule has 3 aromatic rings. The van der Waals surface area contributed by atoms with Gasteiger partial charge in [-0.15, -0.1) is 0 Å². The van der Waals surface area contributed by atoms with Gasteiger partial charge in [0.25, 0.3) is 15.8 Å². The van der Waals surface area contributed by atoms with Crippen molar-refractivity contribution in [3.8, 4) is 11.8 Å². The fourth-order valence-electron chi connectivity index (χ4n) is 3.20. The Kier molecular flexibility index (Phi) is 4.39. The lowest BCUT2D eigenvalue weighted by molar-refractivity contribution is 0.214. The minimum absolute atomic E-state index is 0.0610. The molecule has 4 rings (SSSR count). The molecule has 1 aliphatic heterocycles. The van der Waals surface area contributed by atoms with Crippen LogP contribution < -0.4 is 15.4 Å². The first-order valence-corrected chi connectivity index (χ1v) is 9.86. The van der Waals surface area contributed by atoms with Crippen LogP contribution in [0.3, 0.4) is 0 Å². The number of nitriles is 1. The number of benzene rings is 2. The maximum absolute atomic E-state index is 13.2. The van der Waals surface area contributed by atoms with E-state index in [9.17, 15) is 18.5 Å². The molecule has 1 aliphatic rings. The van der Waals surface area contributed by atoms with Gasteiger partial charge in [0.15, 0.2) is 11.5 Å². The van der Waals surface area contributed by atoms with Gasteiger partial charge >= 0.3 is 0 Å². The van der Waals surface area contributed by atoms with Crippen molar-refractivity contribution in [1.82, 2.24) is 14.3 Å². The third-order valence-electron chi connectivity index (χ3n) is 4.43. The molecule has 0 radical (unpaired) electrons. The van der Waals surface area contributed by atoms with E-state index in [0.717, 1.165) is 0 Å². The normalized spacial score (nSPS) is 13.9. The predicted octanol–water partition coefficient (Wildman–Crippen LogP) is 0.263.